The van der Waals surface area contributed by atoms with Crippen LogP contribution < -0.4 is 10.6 Å². The minimum Gasteiger partial charge on any atom is -0.352 e. The molecule has 7 nitrogen and oxygen atoms in total. The lowest BCUT2D eigenvalue weighted by Crippen LogP contribution is -2.33. The Hall–Kier alpha value is -4.04. The van der Waals surface area contributed by atoms with Gasteiger partial charge in [0.15, 0.2) is 5.11 Å². The Bertz CT molecular complexity index is 1260. The van der Waals surface area contributed by atoms with Crippen molar-refractivity contribution in [2.24, 2.45) is 0 Å². The van der Waals surface area contributed by atoms with Crippen molar-refractivity contribution in [3.05, 3.63) is 109 Å². The van der Waals surface area contributed by atoms with E-state index in [1.807, 2.05) is 79.0 Å². The molecule has 2 atom stereocenters. The van der Waals surface area contributed by atoms with Crippen molar-refractivity contribution < 1.29 is 4.79 Å². The number of hydrogen-bond acceptors (Lipinski definition) is 4. The number of benzene rings is 1. The summed E-state index contributed by atoms with van der Waals surface area (Å²) in [7, 11) is 0. The number of pyridine rings is 2. The molecule has 3 aromatic heterocycles. The third kappa shape index (κ3) is 4.53. The first-order valence-electron chi connectivity index (χ1n) is 11.1. The van der Waals surface area contributed by atoms with Crippen LogP contribution in [-0.4, -0.2) is 37.0 Å². The summed E-state index contributed by atoms with van der Waals surface area (Å²) in [5.74, 6) is 0.760. The van der Waals surface area contributed by atoms with Gasteiger partial charge in [-0.2, -0.15) is 0 Å². The maximum atomic E-state index is 12.7. The molecule has 8 heteroatoms. The molecule has 4 aromatic rings. The Morgan fingerprint density at radius 1 is 0.941 bits per heavy atom. The molecule has 0 radical (unpaired) electrons. The van der Waals surface area contributed by atoms with Crippen LogP contribution in [0.2, 0.25) is 0 Å². The molecule has 4 heterocycles. The summed E-state index contributed by atoms with van der Waals surface area (Å²) in [5, 5.41) is 6.99. The number of thiocarbonyl (C=S) groups is 1. The average Bonchev–Trinajstić information content (AvgIpc) is 3.48. The van der Waals surface area contributed by atoms with Crippen LogP contribution in [0, 0.1) is 0 Å². The second-order valence-corrected chi connectivity index (χ2v) is 8.36. The summed E-state index contributed by atoms with van der Waals surface area (Å²) >= 11 is 5.74. The first-order valence-corrected chi connectivity index (χ1v) is 11.5. The number of nitrogens with one attached hydrogen (secondary N) is 2. The number of nitrogens with zero attached hydrogens (tertiary/aromatic N) is 4. The van der Waals surface area contributed by atoms with Crippen molar-refractivity contribution in [2.75, 3.05) is 11.9 Å². The van der Waals surface area contributed by atoms with Crippen LogP contribution in [0.1, 0.15) is 29.9 Å². The first-order chi connectivity index (χ1) is 16.7. The van der Waals surface area contributed by atoms with Gasteiger partial charge in [0.2, 0.25) is 5.91 Å². The maximum absolute atomic E-state index is 12.7. The number of carbonyl (C=O) groups is 1. The molecule has 1 amide bonds. The summed E-state index contributed by atoms with van der Waals surface area (Å²) in [4.78, 5) is 23.9. The number of para-hydroxylation sites is 1. The number of amides is 1. The lowest BCUT2D eigenvalue weighted by molar-refractivity contribution is -0.116. The zero-order valence-corrected chi connectivity index (χ0v) is 19.2. The summed E-state index contributed by atoms with van der Waals surface area (Å²) in [6, 6.07) is 24.9. The van der Waals surface area contributed by atoms with Gasteiger partial charge in [0, 0.05) is 42.9 Å². The fourth-order valence-electron chi connectivity index (χ4n) is 4.27. The Kier molecular flexibility index (Phi) is 6.31. The molecule has 2 N–H and O–H groups in total. The highest BCUT2D eigenvalue weighted by Crippen LogP contribution is 2.39. The quantitative estimate of drug-likeness (QED) is 0.395. The molecular weight excluding hydrogens is 444 g/mol. The van der Waals surface area contributed by atoms with Gasteiger partial charge in [-0.15, -0.1) is 0 Å². The van der Waals surface area contributed by atoms with E-state index in [4.69, 9.17) is 12.2 Å². The van der Waals surface area contributed by atoms with Gasteiger partial charge < -0.3 is 20.1 Å². The van der Waals surface area contributed by atoms with Crippen molar-refractivity contribution in [1.29, 1.82) is 0 Å². The predicted molar refractivity (Wildman–Crippen MR) is 135 cm³/mol. The highest BCUT2D eigenvalue weighted by Gasteiger charge is 2.41. The minimum atomic E-state index is -0.164. The monoisotopic (exact) mass is 468 g/mol. The molecule has 1 fully saturated rings. The predicted octanol–water partition coefficient (Wildman–Crippen LogP) is 4.27. The van der Waals surface area contributed by atoms with E-state index >= 15 is 0 Å². The standard InChI is InChI=1S/C26H24N6OS/c33-23(29-19-9-2-1-3-10-19)14-18-32-25(24(30-26(32)34)20-11-4-6-15-27-20)21-12-8-17-31(21)22-13-5-7-16-28-22/h1-13,15-17,24-25H,14,18H2,(H,29,33)(H,30,34)/t24-,25+/m0/s1. The second kappa shape index (κ2) is 9.84. The van der Waals surface area contributed by atoms with Gasteiger partial charge >= 0.3 is 0 Å². The van der Waals surface area contributed by atoms with Gasteiger partial charge in [0.05, 0.1) is 17.8 Å². The van der Waals surface area contributed by atoms with Gasteiger partial charge in [-0.05, 0) is 60.7 Å². The summed E-state index contributed by atoms with van der Waals surface area (Å²) in [6.07, 6.45) is 5.85. The van der Waals surface area contributed by atoms with Crippen LogP contribution in [0.15, 0.2) is 97.5 Å². The van der Waals surface area contributed by atoms with Crippen molar-refractivity contribution in [3.8, 4) is 5.82 Å². The molecule has 34 heavy (non-hydrogen) atoms. The fourth-order valence-corrected chi connectivity index (χ4v) is 4.61. The molecule has 0 aliphatic carbocycles. The lowest BCUT2D eigenvalue weighted by atomic mass is 10.0. The minimum absolute atomic E-state index is 0.0610. The van der Waals surface area contributed by atoms with E-state index < -0.39 is 0 Å². The van der Waals surface area contributed by atoms with E-state index in [1.54, 1.807) is 12.4 Å². The SMILES string of the molecule is O=C(CCN1C(=S)N[C@@H](c2ccccn2)[C@H]1c1cccn1-c1ccccn1)Nc1ccccc1. The Morgan fingerprint density at radius 3 is 2.44 bits per heavy atom. The zero-order valence-electron chi connectivity index (χ0n) is 18.4. The van der Waals surface area contributed by atoms with Crippen LogP contribution in [0.3, 0.4) is 0 Å². The molecule has 170 valence electrons. The largest absolute Gasteiger partial charge is 0.352 e. The summed E-state index contributed by atoms with van der Waals surface area (Å²) in [5.41, 5.74) is 2.69. The number of aromatic nitrogens is 3. The van der Waals surface area contributed by atoms with Gasteiger partial charge in [-0.1, -0.05) is 30.3 Å². The molecule has 0 saturated carbocycles. The van der Waals surface area contributed by atoms with Crippen LogP contribution in [0.25, 0.3) is 5.82 Å². The van der Waals surface area contributed by atoms with Crippen molar-refractivity contribution in [2.45, 2.75) is 18.5 Å². The number of rotatable bonds is 7. The van der Waals surface area contributed by atoms with Gasteiger partial charge in [-0.3, -0.25) is 9.78 Å². The average molecular weight is 469 g/mol. The van der Waals surface area contributed by atoms with E-state index in [2.05, 4.69) is 36.1 Å². The second-order valence-electron chi connectivity index (χ2n) is 7.98. The van der Waals surface area contributed by atoms with Crippen LogP contribution in [0.5, 0.6) is 0 Å². The summed E-state index contributed by atoms with van der Waals surface area (Å²) < 4.78 is 2.06. The van der Waals surface area contributed by atoms with E-state index in [0.717, 1.165) is 22.9 Å². The van der Waals surface area contributed by atoms with Gasteiger partial charge in [0.1, 0.15) is 5.82 Å². The first kappa shape index (κ1) is 21.8. The number of hydrogen-bond donors (Lipinski definition) is 2. The van der Waals surface area contributed by atoms with E-state index in [-0.39, 0.29) is 18.0 Å². The van der Waals surface area contributed by atoms with Crippen LogP contribution >= 0.6 is 12.2 Å². The molecule has 0 bridgehead atoms. The number of anilines is 1. The third-order valence-corrected chi connectivity index (χ3v) is 6.17. The molecule has 1 saturated heterocycles. The topological polar surface area (TPSA) is 75.1 Å². The van der Waals surface area contributed by atoms with Crippen molar-refractivity contribution >= 4 is 28.9 Å². The fraction of sp³-hybridized carbons (Fsp3) is 0.154. The van der Waals surface area contributed by atoms with E-state index in [1.165, 1.54) is 0 Å². The molecule has 1 aliphatic heterocycles. The molecule has 1 aliphatic rings. The molecule has 0 spiro atoms. The van der Waals surface area contributed by atoms with Crippen molar-refractivity contribution in [1.82, 2.24) is 24.8 Å². The Morgan fingerprint density at radius 2 is 1.71 bits per heavy atom. The van der Waals surface area contributed by atoms with Crippen LogP contribution in [0.4, 0.5) is 5.69 Å². The Balaban J connectivity index is 1.44. The lowest BCUT2D eigenvalue weighted by Gasteiger charge is -2.28. The molecule has 0 unspecified atom stereocenters. The Labute approximate surface area is 203 Å². The van der Waals surface area contributed by atoms with Crippen LogP contribution in [-0.2, 0) is 4.79 Å². The molecular formula is C26H24N6OS. The molecule has 1 aromatic carbocycles. The third-order valence-electron chi connectivity index (χ3n) is 5.81. The van der Waals surface area contributed by atoms with E-state index in [9.17, 15) is 4.79 Å². The zero-order chi connectivity index (χ0) is 23.3. The highest BCUT2D eigenvalue weighted by atomic mass is 32.1. The van der Waals surface area contributed by atoms with Gasteiger partial charge in [-0.25, -0.2) is 4.98 Å². The smallest absolute Gasteiger partial charge is 0.226 e. The number of carbonyl (C=O) groups excluding carboxylic acids is 1. The maximum Gasteiger partial charge on any atom is 0.226 e. The van der Waals surface area contributed by atoms with E-state index in [0.29, 0.717) is 18.1 Å². The van der Waals surface area contributed by atoms with Gasteiger partial charge in [0.25, 0.3) is 0 Å². The highest BCUT2D eigenvalue weighted by molar-refractivity contribution is 7.80. The summed E-state index contributed by atoms with van der Waals surface area (Å²) in [6.45, 7) is 0.464. The molecule has 5 rings (SSSR count). The van der Waals surface area contributed by atoms with Crippen molar-refractivity contribution in [3.63, 3.8) is 0 Å². The normalized spacial score (nSPS) is 17.4.